The van der Waals surface area contributed by atoms with Crippen molar-refractivity contribution in [1.82, 2.24) is 19.2 Å². The summed E-state index contributed by atoms with van der Waals surface area (Å²) in [6.07, 6.45) is 0.752. The molecular formula is C13H12BrClN4. The molecule has 0 bridgehead atoms. The van der Waals surface area contributed by atoms with Crippen LogP contribution in [0.1, 0.15) is 17.1 Å². The van der Waals surface area contributed by atoms with Gasteiger partial charge >= 0.3 is 0 Å². The maximum Gasteiger partial charge on any atom is 0.233 e. The molecule has 98 valence electrons. The molecule has 1 aromatic carbocycles. The second-order valence-electron chi connectivity index (χ2n) is 4.48. The number of halogens is 2. The Morgan fingerprint density at radius 1 is 1.26 bits per heavy atom. The summed E-state index contributed by atoms with van der Waals surface area (Å²) in [5.74, 6) is 1.80. The second-order valence-corrected chi connectivity index (χ2v) is 5.67. The number of benzene rings is 1. The number of hydrogen-bond donors (Lipinski definition) is 0. The van der Waals surface area contributed by atoms with Gasteiger partial charge in [0.15, 0.2) is 0 Å². The third-order valence-electron chi connectivity index (χ3n) is 3.12. The molecule has 0 radical (unpaired) electrons. The fourth-order valence-corrected chi connectivity index (χ4v) is 2.48. The highest BCUT2D eigenvalue weighted by Crippen LogP contribution is 2.19. The van der Waals surface area contributed by atoms with Crippen LogP contribution < -0.4 is 0 Å². The maximum absolute atomic E-state index is 5.89. The first kappa shape index (κ1) is 12.7. The average molecular weight is 340 g/mol. The monoisotopic (exact) mass is 338 g/mol. The summed E-state index contributed by atoms with van der Waals surface area (Å²) in [4.78, 5) is 4.48. The lowest BCUT2D eigenvalue weighted by molar-refractivity contribution is 0.819. The van der Waals surface area contributed by atoms with Crippen molar-refractivity contribution < 1.29 is 0 Å². The summed E-state index contributed by atoms with van der Waals surface area (Å²) in [5.41, 5.74) is 2.12. The number of nitrogens with zero attached hydrogens (tertiary/aromatic N) is 4. The van der Waals surface area contributed by atoms with Gasteiger partial charge in [-0.1, -0.05) is 23.7 Å². The lowest BCUT2D eigenvalue weighted by Gasteiger charge is -2.01. The van der Waals surface area contributed by atoms with Gasteiger partial charge in [-0.15, -0.1) is 0 Å². The van der Waals surface area contributed by atoms with Gasteiger partial charge < -0.3 is 0 Å². The highest BCUT2D eigenvalue weighted by atomic mass is 79.9. The molecule has 0 saturated carbocycles. The highest BCUT2D eigenvalue weighted by Gasteiger charge is 2.14. The van der Waals surface area contributed by atoms with Gasteiger partial charge in [0.25, 0.3) is 0 Å². The fraction of sp³-hybridized carbons (Fsp3) is 0.231. The third kappa shape index (κ3) is 2.17. The molecule has 0 saturated heterocycles. The molecule has 3 aromatic rings. The van der Waals surface area contributed by atoms with Crippen LogP contribution in [-0.2, 0) is 13.5 Å². The van der Waals surface area contributed by atoms with E-state index in [1.807, 2.05) is 47.3 Å². The molecular weight excluding hydrogens is 328 g/mol. The normalized spacial score (nSPS) is 11.4. The number of rotatable bonds is 2. The molecule has 19 heavy (non-hydrogen) atoms. The van der Waals surface area contributed by atoms with E-state index >= 15 is 0 Å². The first-order valence-corrected chi connectivity index (χ1v) is 7.04. The van der Waals surface area contributed by atoms with Crippen LogP contribution in [0, 0.1) is 6.92 Å². The molecule has 0 N–H and O–H groups in total. The minimum absolute atomic E-state index is 0.747. The lowest BCUT2D eigenvalue weighted by atomic mass is 10.1. The summed E-state index contributed by atoms with van der Waals surface area (Å²) in [6, 6.07) is 7.82. The summed E-state index contributed by atoms with van der Waals surface area (Å²) in [6.45, 7) is 1.96. The Morgan fingerprint density at radius 3 is 2.58 bits per heavy atom. The van der Waals surface area contributed by atoms with Crippen LogP contribution in [0.25, 0.3) is 5.78 Å². The Balaban J connectivity index is 2.01. The Hall–Kier alpha value is -1.33. The van der Waals surface area contributed by atoms with Gasteiger partial charge in [0, 0.05) is 18.5 Å². The topological polar surface area (TPSA) is 35.1 Å². The van der Waals surface area contributed by atoms with E-state index in [2.05, 4.69) is 26.0 Å². The zero-order chi connectivity index (χ0) is 13.6. The van der Waals surface area contributed by atoms with E-state index in [4.69, 9.17) is 11.6 Å². The standard InChI is InChI=1S/C13H12BrClN4/c1-8-12(14)19-13(16-8)18(2)11(17-19)7-9-3-5-10(15)6-4-9/h3-6H,7H2,1-2H3. The number of imidazole rings is 1. The summed E-state index contributed by atoms with van der Waals surface area (Å²) in [5, 5.41) is 5.33. The molecule has 0 amide bonds. The van der Waals surface area contributed by atoms with Crippen molar-refractivity contribution in [3.05, 3.63) is 51.0 Å². The Kier molecular flexibility index (Phi) is 3.11. The molecule has 0 aliphatic rings. The Morgan fingerprint density at radius 2 is 1.95 bits per heavy atom. The molecule has 0 unspecified atom stereocenters. The summed E-state index contributed by atoms with van der Waals surface area (Å²) in [7, 11) is 1.98. The van der Waals surface area contributed by atoms with Crippen LogP contribution in [-0.4, -0.2) is 19.2 Å². The number of fused-ring (bicyclic) bond motifs is 1. The van der Waals surface area contributed by atoms with E-state index in [1.165, 1.54) is 5.56 Å². The zero-order valence-electron chi connectivity index (χ0n) is 10.6. The first-order chi connectivity index (χ1) is 9.06. The third-order valence-corrected chi connectivity index (χ3v) is 4.28. The minimum atomic E-state index is 0.747. The van der Waals surface area contributed by atoms with Gasteiger partial charge in [-0.25, -0.2) is 4.98 Å². The van der Waals surface area contributed by atoms with Gasteiger partial charge in [0.05, 0.1) is 5.69 Å². The van der Waals surface area contributed by atoms with Crippen molar-refractivity contribution in [2.75, 3.05) is 0 Å². The quantitative estimate of drug-likeness (QED) is 0.717. The van der Waals surface area contributed by atoms with E-state index in [1.54, 1.807) is 0 Å². The highest BCUT2D eigenvalue weighted by molar-refractivity contribution is 9.10. The van der Waals surface area contributed by atoms with Crippen molar-refractivity contribution in [3.8, 4) is 0 Å². The number of hydrogen-bond acceptors (Lipinski definition) is 2. The Bertz CT molecular complexity index is 742. The molecule has 0 aliphatic carbocycles. The van der Waals surface area contributed by atoms with Crippen molar-refractivity contribution >= 4 is 33.3 Å². The van der Waals surface area contributed by atoms with Gasteiger partial charge in [0.2, 0.25) is 5.78 Å². The van der Waals surface area contributed by atoms with Crippen molar-refractivity contribution in [1.29, 1.82) is 0 Å². The molecule has 3 rings (SSSR count). The number of aromatic nitrogens is 4. The molecule has 0 aliphatic heterocycles. The van der Waals surface area contributed by atoms with Crippen LogP contribution in [0.15, 0.2) is 28.9 Å². The van der Waals surface area contributed by atoms with E-state index in [0.717, 1.165) is 33.3 Å². The van der Waals surface area contributed by atoms with Gasteiger partial charge in [-0.2, -0.15) is 9.61 Å². The van der Waals surface area contributed by atoms with E-state index < -0.39 is 0 Å². The van der Waals surface area contributed by atoms with Crippen LogP contribution in [0.2, 0.25) is 5.02 Å². The maximum atomic E-state index is 5.89. The minimum Gasteiger partial charge on any atom is -0.300 e. The van der Waals surface area contributed by atoms with Gasteiger partial charge in [-0.3, -0.25) is 4.57 Å². The predicted octanol–water partition coefficient (Wildman–Crippen LogP) is 3.38. The van der Waals surface area contributed by atoms with Crippen molar-refractivity contribution in [3.63, 3.8) is 0 Å². The fourth-order valence-electron chi connectivity index (χ4n) is 2.03. The first-order valence-electron chi connectivity index (χ1n) is 5.87. The SMILES string of the molecule is Cc1nc2n(C)c(Cc3ccc(Cl)cc3)nn2c1Br. The lowest BCUT2D eigenvalue weighted by Crippen LogP contribution is -2.00. The van der Waals surface area contributed by atoms with E-state index in [-0.39, 0.29) is 0 Å². The smallest absolute Gasteiger partial charge is 0.233 e. The van der Waals surface area contributed by atoms with Crippen LogP contribution in [0.4, 0.5) is 0 Å². The molecule has 0 atom stereocenters. The zero-order valence-corrected chi connectivity index (χ0v) is 12.9. The van der Waals surface area contributed by atoms with E-state index in [0.29, 0.717) is 0 Å². The number of aryl methyl sites for hydroxylation is 2. The molecule has 0 spiro atoms. The van der Waals surface area contributed by atoms with Crippen molar-refractivity contribution in [2.45, 2.75) is 13.3 Å². The molecule has 6 heteroatoms. The second kappa shape index (κ2) is 4.65. The average Bonchev–Trinajstić information content (AvgIpc) is 2.83. The molecule has 0 fully saturated rings. The largest absolute Gasteiger partial charge is 0.300 e. The van der Waals surface area contributed by atoms with E-state index in [9.17, 15) is 0 Å². The van der Waals surface area contributed by atoms with Gasteiger partial charge in [0.1, 0.15) is 10.4 Å². The van der Waals surface area contributed by atoms with Gasteiger partial charge in [-0.05, 0) is 40.5 Å². The van der Waals surface area contributed by atoms with Crippen LogP contribution in [0.3, 0.4) is 0 Å². The van der Waals surface area contributed by atoms with Crippen LogP contribution in [0.5, 0.6) is 0 Å². The van der Waals surface area contributed by atoms with Crippen LogP contribution >= 0.6 is 27.5 Å². The van der Waals surface area contributed by atoms with Crippen molar-refractivity contribution in [2.24, 2.45) is 7.05 Å². The molecule has 4 nitrogen and oxygen atoms in total. The molecule has 2 heterocycles. The molecule has 2 aromatic heterocycles. The summed E-state index contributed by atoms with van der Waals surface area (Å²) >= 11 is 9.39. The predicted molar refractivity (Wildman–Crippen MR) is 78.7 cm³/mol. The Labute approximate surface area is 124 Å². The summed E-state index contributed by atoms with van der Waals surface area (Å²) < 4.78 is 4.73.